The van der Waals surface area contributed by atoms with E-state index < -0.39 is 5.41 Å². The van der Waals surface area contributed by atoms with Gasteiger partial charge >= 0.3 is 0 Å². The predicted molar refractivity (Wildman–Crippen MR) is 291 cm³/mol. The van der Waals surface area contributed by atoms with Crippen LogP contribution >= 0.6 is 0 Å². The quantitative estimate of drug-likeness (QED) is 0.110. The van der Waals surface area contributed by atoms with Crippen LogP contribution in [-0.4, -0.2) is 0 Å². The number of hydrogen-bond acceptors (Lipinski definition) is 1. The Morgan fingerprint density at radius 1 is 0.261 bits per heavy atom. The Hall–Kier alpha value is -8.31. The Morgan fingerprint density at radius 2 is 0.449 bits per heavy atom. The fourth-order valence-corrected chi connectivity index (χ4v) is 25.8. The molecule has 4 aliphatic rings. The smallest absolute Gasteiger partial charge is 0.0837 e. The number of hydrogen-bond donors (Lipinski definition) is 0. The van der Waals surface area contributed by atoms with E-state index in [0.29, 0.717) is 0 Å². The molecule has 0 saturated carbocycles. The standard InChI is InChI=1S/C68H11N/c1-6-3-67-8(5-69)9-10-12-14-13-11(9)59-53-44(13)36-29-16(14)17-15(12)45-37-30-18(17)19-20-21-23-26(22(19)29)33(36)41-38-31(23)32-25(21)28-27(24(20)30)34-40-35(28)43-39(32)47-46(38)54(49(41)53)62-63-55(47)50(43)57-51(40)56-48(42(34)37)52(45)58(10)64(67)60(56)61(57)66(63)68(67,65(59)62)4-7(6)2/h8H,3-4H2,1-2H3. The van der Waals surface area contributed by atoms with Gasteiger partial charge in [-0.25, -0.2) is 0 Å². The lowest BCUT2D eigenvalue weighted by Crippen LogP contribution is -2.56. The Balaban J connectivity index is 1.25. The van der Waals surface area contributed by atoms with Crippen molar-refractivity contribution in [2.24, 2.45) is 0 Å². The molecular formula is C68H11N. The molecular weight excluding hydrogens is 831 g/mol. The summed E-state index contributed by atoms with van der Waals surface area (Å²) in [5.41, 5.74) is 8.82. The van der Waals surface area contributed by atoms with Crippen molar-refractivity contribution in [1.29, 1.82) is 5.26 Å². The van der Waals surface area contributed by atoms with Crippen LogP contribution in [0.4, 0.5) is 0 Å². The van der Waals surface area contributed by atoms with Gasteiger partial charge < -0.3 is 0 Å². The van der Waals surface area contributed by atoms with Crippen molar-refractivity contribution < 1.29 is 0 Å². The highest BCUT2D eigenvalue weighted by molar-refractivity contribution is 6.82. The Kier molecular flexibility index (Phi) is 2.13. The van der Waals surface area contributed by atoms with Crippen LogP contribution in [0.2, 0.25) is 0 Å². The monoisotopic (exact) mass is 841 g/mol. The molecule has 2 spiro atoms. The van der Waals surface area contributed by atoms with Crippen LogP contribution in [0.1, 0.15) is 54.9 Å². The van der Waals surface area contributed by atoms with Crippen molar-refractivity contribution in [1.82, 2.24) is 0 Å². The van der Waals surface area contributed by atoms with E-state index in [1.54, 1.807) is 308 Å². The molecule has 28 aromatic carbocycles. The molecule has 0 fully saturated rings. The highest BCUT2D eigenvalue weighted by atomic mass is 14.7. The molecule has 69 heavy (non-hydrogen) atoms. The molecule has 0 saturated heterocycles. The lowest BCUT2D eigenvalue weighted by atomic mass is 9.41. The van der Waals surface area contributed by atoms with E-state index in [2.05, 4.69) is 19.9 Å². The zero-order chi connectivity index (χ0) is 41.3. The Bertz CT molecular complexity index is 7540. The molecule has 4 aliphatic carbocycles. The summed E-state index contributed by atoms with van der Waals surface area (Å²) in [6.07, 6.45) is 1.98. The van der Waals surface area contributed by atoms with Crippen molar-refractivity contribution in [2.75, 3.05) is 0 Å². The third kappa shape index (κ3) is 1.34. The highest BCUT2D eigenvalue weighted by Gasteiger charge is 2.71. The van der Waals surface area contributed by atoms with Gasteiger partial charge in [-0.05, 0) is 340 Å². The summed E-state index contributed by atoms with van der Waals surface area (Å²) in [5.74, 6) is -0.258. The third-order valence-electron chi connectivity index (χ3n) is 26.1. The summed E-state index contributed by atoms with van der Waals surface area (Å²) in [4.78, 5) is 0. The second-order valence-electron chi connectivity index (χ2n) is 26.1. The minimum atomic E-state index is -0.428. The van der Waals surface area contributed by atoms with Gasteiger partial charge in [-0.3, -0.25) is 0 Å². The first-order valence-corrected chi connectivity index (χ1v) is 26.0. The lowest BCUT2D eigenvalue weighted by molar-refractivity contribution is 0.221. The first-order valence-electron chi connectivity index (χ1n) is 26.0. The molecule has 1 heteroatoms. The summed E-state index contributed by atoms with van der Waals surface area (Å²) in [6, 6.07) is 3.47. The normalized spacial score (nSPS) is 24.2. The van der Waals surface area contributed by atoms with Crippen molar-refractivity contribution in [2.45, 2.75) is 43.4 Å². The van der Waals surface area contributed by atoms with Gasteiger partial charge in [-0.2, -0.15) is 5.26 Å². The molecule has 0 aliphatic heterocycles. The fourth-order valence-electron chi connectivity index (χ4n) is 25.8. The molecule has 0 radical (unpaired) electrons. The number of fused-ring (bicyclic) bond motifs is 3. The van der Waals surface area contributed by atoms with E-state index in [1.165, 1.54) is 16.3 Å². The summed E-state index contributed by atoms with van der Waals surface area (Å²) in [6.45, 7) is 5.01. The maximum Gasteiger partial charge on any atom is 0.0837 e. The first kappa shape index (κ1) is 25.7. The van der Waals surface area contributed by atoms with Crippen LogP contribution in [0, 0.1) is 11.3 Å². The van der Waals surface area contributed by atoms with Gasteiger partial charge in [-0.1, -0.05) is 11.1 Å². The fraction of sp³-hybridized carbons (Fsp3) is 0.103. The molecule has 32 rings (SSSR count). The van der Waals surface area contributed by atoms with Crippen LogP contribution < -0.4 is 0 Å². The van der Waals surface area contributed by atoms with Crippen LogP contribution in [0.5, 0.6) is 0 Å². The minimum absolute atomic E-state index is 0.258. The zero-order valence-electron chi connectivity index (χ0n) is 35.9. The Morgan fingerprint density at radius 3 is 0.710 bits per heavy atom. The van der Waals surface area contributed by atoms with Gasteiger partial charge in [0.15, 0.2) is 0 Å². The van der Waals surface area contributed by atoms with Gasteiger partial charge in [0.25, 0.3) is 0 Å². The van der Waals surface area contributed by atoms with Crippen molar-refractivity contribution in [3.8, 4) is 6.07 Å². The summed E-state index contributed by atoms with van der Waals surface area (Å²) >= 11 is 0. The van der Waals surface area contributed by atoms with E-state index >= 15 is 0 Å². The molecule has 1 nitrogen and oxygen atoms in total. The topological polar surface area (TPSA) is 23.8 Å². The van der Waals surface area contributed by atoms with Crippen LogP contribution in [-0.2, 0) is 10.8 Å². The molecule has 3 unspecified atom stereocenters. The molecule has 0 N–H and O–H groups in total. The van der Waals surface area contributed by atoms with Crippen molar-refractivity contribution >= 4 is 291 Å². The summed E-state index contributed by atoms with van der Waals surface area (Å²) in [5, 5.41) is 100. The highest BCUT2D eigenvalue weighted by Crippen LogP contribution is 2.85. The van der Waals surface area contributed by atoms with Gasteiger partial charge in [0.2, 0.25) is 0 Å². The lowest BCUT2D eigenvalue weighted by Gasteiger charge is -2.59. The third-order valence-corrected chi connectivity index (χ3v) is 26.1. The van der Waals surface area contributed by atoms with Crippen LogP contribution in [0.3, 0.4) is 0 Å². The average Bonchev–Trinajstić information content (AvgIpc) is 4.26. The maximum absolute atomic E-state index is 12.9. The van der Waals surface area contributed by atoms with Gasteiger partial charge in [0.1, 0.15) is 0 Å². The maximum atomic E-state index is 12.9. The van der Waals surface area contributed by atoms with E-state index in [4.69, 9.17) is 0 Å². The van der Waals surface area contributed by atoms with Crippen LogP contribution in [0.25, 0.3) is 291 Å². The molecule has 0 aromatic heterocycles. The van der Waals surface area contributed by atoms with Crippen LogP contribution in [0.15, 0.2) is 11.1 Å². The predicted octanol–water partition coefficient (Wildman–Crippen LogP) is 18.7. The number of benzene rings is 18. The van der Waals surface area contributed by atoms with Gasteiger partial charge in [0, 0.05) is 10.8 Å². The molecule has 0 bridgehead atoms. The SMILES string of the molecule is CC1=C(C)CC23c4c5c6c7c8c9c(c%10c%11c(c%12c4c4c%13c5c5c6c6c8c8c%14c9c9c%10c%10c%11c%11c%12c%12c4c4c%13c%13c5c5c6c8c6c8c%14c9c9c%10c%10c%11c%12c%11c4c4c%13c5c6c5c8c9c%10c%11c45)C2C#N)C73C1. The summed E-state index contributed by atoms with van der Waals surface area (Å²) in [7, 11) is 0. The second kappa shape index (κ2) is 5.71. The van der Waals surface area contributed by atoms with E-state index in [-0.39, 0.29) is 11.3 Å². The molecule has 288 valence electrons. The first-order chi connectivity index (χ1) is 34.2. The van der Waals surface area contributed by atoms with E-state index in [0.717, 1.165) is 12.8 Å². The number of nitrogens with zero attached hydrogens (tertiary/aromatic N) is 1. The van der Waals surface area contributed by atoms with Crippen molar-refractivity contribution in [3.63, 3.8) is 0 Å². The number of allylic oxidation sites excluding steroid dienone is 2. The average molecular weight is 842 g/mol. The molecule has 28 aromatic rings. The van der Waals surface area contributed by atoms with Crippen molar-refractivity contribution in [3.05, 3.63) is 33.4 Å². The molecule has 0 heterocycles. The Labute approximate surface area is 377 Å². The molecule has 0 amide bonds. The minimum Gasteiger partial charge on any atom is -0.198 e. The number of rotatable bonds is 0. The second-order valence-corrected chi connectivity index (χ2v) is 26.1. The molecule has 3 atom stereocenters. The summed E-state index contributed by atoms with van der Waals surface area (Å²) < 4.78 is 0. The largest absolute Gasteiger partial charge is 0.198 e. The van der Waals surface area contributed by atoms with E-state index in [9.17, 15) is 5.26 Å². The van der Waals surface area contributed by atoms with Gasteiger partial charge in [-0.15, -0.1) is 0 Å². The zero-order valence-corrected chi connectivity index (χ0v) is 35.9. The van der Waals surface area contributed by atoms with Gasteiger partial charge in [0.05, 0.1) is 12.0 Å². The number of nitriles is 1. The van der Waals surface area contributed by atoms with E-state index in [1.807, 2.05) is 0 Å².